The number of hydrogen-bond acceptors (Lipinski definition) is 6. The van der Waals surface area contributed by atoms with Gasteiger partial charge in [-0.05, 0) is 30.4 Å². The molecule has 1 atom stereocenters. The van der Waals surface area contributed by atoms with E-state index in [-0.39, 0.29) is 12.5 Å². The Balaban J connectivity index is 2.21. The summed E-state index contributed by atoms with van der Waals surface area (Å²) in [6.07, 6.45) is 0.934. The first-order valence-corrected chi connectivity index (χ1v) is 10.5. The molecule has 0 saturated carbocycles. The molecule has 1 heterocycles. The second-order valence-electron chi connectivity index (χ2n) is 7.47. The van der Waals surface area contributed by atoms with Gasteiger partial charge in [-0.3, -0.25) is 10.1 Å². The highest BCUT2D eigenvalue weighted by Gasteiger charge is 2.27. The number of nitrogens with zero attached hydrogens (tertiary/aromatic N) is 3. The minimum absolute atomic E-state index is 0.0291. The number of carbonyl (C=O) groups excluding carboxylic acids is 2. The average Bonchev–Trinajstić information content (AvgIpc) is 3.04. The molecule has 29 heavy (non-hydrogen) atoms. The molecule has 0 aliphatic rings. The van der Waals surface area contributed by atoms with Crippen LogP contribution in [-0.2, 0) is 17.9 Å². The van der Waals surface area contributed by atoms with Crippen LogP contribution in [0.2, 0.25) is 0 Å². The van der Waals surface area contributed by atoms with Gasteiger partial charge in [-0.2, -0.15) is 0 Å². The molecule has 0 radical (unpaired) electrons. The van der Waals surface area contributed by atoms with Crippen LogP contribution in [0.15, 0.2) is 35.5 Å². The van der Waals surface area contributed by atoms with E-state index in [9.17, 15) is 9.59 Å². The van der Waals surface area contributed by atoms with Gasteiger partial charge in [0.05, 0.1) is 5.25 Å². The number of ether oxygens (including phenoxy) is 1. The zero-order valence-corrected chi connectivity index (χ0v) is 18.1. The molecule has 1 unspecified atom stereocenters. The monoisotopic (exact) mass is 419 g/mol. The van der Waals surface area contributed by atoms with Crippen molar-refractivity contribution in [2.24, 2.45) is 17.6 Å². The molecule has 3 N–H and O–H groups in total. The molecule has 3 amide bonds. The molecule has 1 aromatic heterocycles. The number of carbonyl (C=O) groups is 2. The number of aromatic nitrogens is 3. The Bertz CT molecular complexity index is 808. The smallest absolute Gasteiger partial charge is 0.318 e. The number of benzene rings is 1. The molecule has 2 aromatic rings. The topological polar surface area (TPSA) is 112 Å². The van der Waals surface area contributed by atoms with Crippen LogP contribution in [0.5, 0.6) is 5.75 Å². The lowest BCUT2D eigenvalue weighted by molar-refractivity contribution is -0.120. The summed E-state index contributed by atoms with van der Waals surface area (Å²) < 4.78 is 7.82. The van der Waals surface area contributed by atoms with Gasteiger partial charge in [-0.1, -0.05) is 57.7 Å². The van der Waals surface area contributed by atoms with E-state index < -0.39 is 17.2 Å². The molecule has 0 aliphatic heterocycles. The van der Waals surface area contributed by atoms with Crippen molar-refractivity contribution in [2.45, 2.75) is 57.7 Å². The van der Waals surface area contributed by atoms with E-state index in [1.807, 2.05) is 48.7 Å². The van der Waals surface area contributed by atoms with Crippen molar-refractivity contribution in [1.82, 2.24) is 20.1 Å². The number of nitrogens with two attached hydrogens (primary N) is 1. The summed E-state index contributed by atoms with van der Waals surface area (Å²) in [6, 6.07) is 8.64. The predicted octanol–water partition coefficient (Wildman–Crippen LogP) is 3.21. The van der Waals surface area contributed by atoms with Gasteiger partial charge in [0.15, 0.2) is 11.0 Å². The van der Waals surface area contributed by atoms with Gasteiger partial charge in [0, 0.05) is 6.54 Å². The van der Waals surface area contributed by atoms with Gasteiger partial charge in [-0.15, -0.1) is 10.2 Å². The number of hydrogen-bond donors (Lipinski definition) is 2. The van der Waals surface area contributed by atoms with E-state index in [1.54, 1.807) is 0 Å². The lowest BCUT2D eigenvalue weighted by Gasteiger charge is -2.19. The second kappa shape index (κ2) is 10.8. The standard InChI is InChI=1S/C20H29N5O3S/c1-13(2)10-11-25-16(12-28-15-8-6-5-7-9-15)23-24-20(25)29-17(14(3)4)18(26)22-19(21)27/h5-9,13-14,17H,10-12H2,1-4H3,(H3,21,22,26,27). The van der Waals surface area contributed by atoms with Gasteiger partial charge in [0.2, 0.25) is 5.91 Å². The maximum Gasteiger partial charge on any atom is 0.318 e. The predicted molar refractivity (Wildman–Crippen MR) is 112 cm³/mol. The van der Waals surface area contributed by atoms with Crippen LogP contribution < -0.4 is 15.8 Å². The Morgan fingerprint density at radius 3 is 2.45 bits per heavy atom. The van der Waals surface area contributed by atoms with Crippen LogP contribution >= 0.6 is 11.8 Å². The Labute approximate surface area is 175 Å². The Kier molecular flexibility index (Phi) is 8.50. The molecule has 1 aromatic carbocycles. The van der Waals surface area contributed by atoms with Crippen molar-refractivity contribution >= 4 is 23.7 Å². The summed E-state index contributed by atoms with van der Waals surface area (Å²) >= 11 is 1.28. The number of amides is 3. The van der Waals surface area contributed by atoms with Crippen LogP contribution in [0.3, 0.4) is 0 Å². The minimum Gasteiger partial charge on any atom is -0.486 e. The van der Waals surface area contributed by atoms with Crippen molar-refractivity contribution in [3.8, 4) is 5.75 Å². The van der Waals surface area contributed by atoms with Crippen LogP contribution in [0.25, 0.3) is 0 Å². The number of urea groups is 1. The highest BCUT2D eigenvalue weighted by Crippen LogP contribution is 2.28. The molecular formula is C20H29N5O3S. The van der Waals surface area contributed by atoms with Gasteiger partial charge < -0.3 is 15.0 Å². The fourth-order valence-corrected chi connectivity index (χ4v) is 3.67. The largest absolute Gasteiger partial charge is 0.486 e. The summed E-state index contributed by atoms with van der Waals surface area (Å²) in [6.45, 7) is 9.10. The number of para-hydroxylation sites is 1. The zero-order chi connectivity index (χ0) is 21.4. The quantitative estimate of drug-likeness (QED) is 0.572. The van der Waals surface area contributed by atoms with E-state index in [1.165, 1.54) is 11.8 Å². The molecule has 158 valence electrons. The Morgan fingerprint density at radius 2 is 1.86 bits per heavy atom. The highest BCUT2D eigenvalue weighted by molar-refractivity contribution is 8.00. The lowest BCUT2D eigenvalue weighted by atomic mass is 10.1. The molecule has 0 spiro atoms. The summed E-state index contributed by atoms with van der Waals surface area (Å²) in [7, 11) is 0. The summed E-state index contributed by atoms with van der Waals surface area (Å²) in [5, 5.41) is 10.8. The van der Waals surface area contributed by atoms with Crippen molar-refractivity contribution in [1.29, 1.82) is 0 Å². The molecule has 0 fully saturated rings. The fraction of sp³-hybridized carbons (Fsp3) is 0.500. The van der Waals surface area contributed by atoms with Gasteiger partial charge in [-0.25, -0.2) is 4.79 Å². The minimum atomic E-state index is -0.862. The fourth-order valence-electron chi connectivity index (χ4n) is 2.59. The first-order chi connectivity index (χ1) is 13.8. The first kappa shape index (κ1) is 22.7. The van der Waals surface area contributed by atoms with Gasteiger partial charge >= 0.3 is 6.03 Å². The first-order valence-electron chi connectivity index (χ1n) is 9.64. The number of primary amides is 1. The van der Waals surface area contributed by atoms with Crippen molar-refractivity contribution in [3.63, 3.8) is 0 Å². The van der Waals surface area contributed by atoms with Gasteiger partial charge in [0.1, 0.15) is 12.4 Å². The number of rotatable bonds is 10. The Morgan fingerprint density at radius 1 is 1.17 bits per heavy atom. The average molecular weight is 420 g/mol. The molecule has 0 aliphatic carbocycles. The third kappa shape index (κ3) is 7.08. The molecule has 8 nitrogen and oxygen atoms in total. The second-order valence-corrected chi connectivity index (χ2v) is 8.58. The highest BCUT2D eigenvalue weighted by atomic mass is 32.2. The van der Waals surface area contributed by atoms with Crippen LogP contribution in [0, 0.1) is 11.8 Å². The van der Waals surface area contributed by atoms with E-state index in [0.29, 0.717) is 23.4 Å². The van der Waals surface area contributed by atoms with Crippen LogP contribution in [0.4, 0.5) is 4.79 Å². The third-order valence-electron chi connectivity index (χ3n) is 4.18. The van der Waals surface area contributed by atoms with Crippen LogP contribution in [0.1, 0.15) is 39.9 Å². The maximum atomic E-state index is 12.4. The Hall–Kier alpha value is -2.55. The van der Waals surface area contributed by atoms with E-state index in [4.69, 9.17) is 10.5 Å². The number of thioether (sulfide) groups is 1. The summed E-state index contributed by atoms with van der Waals surface area (Å²) in [5.41, 5.74) is 5.10. The summed E-state index contributed by atoms with van der Waals surface area (Å²) in [4.78, 5) is 23.5. The molecular weight excluding hydrogens is 390 g/mol. The molecule has 0 bridgehead atoms. The lowest BCUT2D eigenvalue weighted by Crippen LogP contribution is -2.42. The van der Waals surface area contributed by atoms with Crippen molar-refractivity contribution in [2.75, 3.05) is 0 Å². The molecule has 9 heteroatoms. The zero-order valence-electron chi connectivity index (χ0n) is 17.3. The van der Waals surface area contributed by atoms with Crippen molar-refractivity contribution in [3.05, 3.63) is 36.2 Å². The number of nitrogens with one attached hydrogen (secondary N) is 1. The maximum absolute atomic E-state index is 12.4. The SMILES string of the molecule is CC(C)CCn1c(COc2ccccc2)nnc1SC(C(=O)NC(N)=O)C(C)C. The normalized spacial score (nSPS) is 12.2. The van der Waals surface area contributed by atoms with Crippen molar-refractivity contribution < 1.29 is 14.3 Å². The van der Waals surface area contributed by atoms with Crippen LogP contribution in [-0.4, -0.2) is 32.0 Å². The van der Waals surface area contributed by atoms with E-state index in [0.717, 1.165) is 12.2 Å². The van der Waals surface area contributed by atoms with E-state index >= 15 is 0 Å². The van der Waals surface area contributed by atoms with E-state index in [2.05, 4.69) is 29.4 Å². The van der Waals surface area contributed by atoms with Gasteiger partial charge in [0.25, 0.3) is 0 Å². The molecule has 2 rings (SSSR count). The third-order valence-corrected chi connectivity index (χ3v) is 5.70. The summed E-state index contributed by atoms with van der Waals surface area (Å²) in [5.74, 6) is 1.48. The molecule has 0 saturated heterocycles. The number of imide groups is 1.